The van der Waals surface area contributed by atoms with Crippen molar-refractivity contribution in [3.05, 3.63) is 95.2 Å². The number of Topliss-reactive ketones (excluding diaryl/α,β-unsaturated/α-hetero) is 1. The SMILES string of the molecule is CC(CCc1ccc(F)c(C(F)(F)F)c1)C(=O)c1[nH]c2ccc(F)cc2c1-c1ccccc1. The molecule has 0 amide bonds. The molecule has 0 spiro atoms. The van der Waals surface area contributed by atoms with E-state index in [0.717, 1.165) is 17.7 Å². The number of ketones is 1. The molecule has 0 fully saturated rings. The number of aromatic amines is 1. The first-order valence-corrected chi connectivity index (χ1v) is 10.4. The molecule has 1 N–H and O–H groups in total. The maximum absolute atomic E-state index is 13.9. The van der Waals surface area contributed by atoms with Crippen molar-refractivity contribution >= 4 is 16.7 Å². The Morgan fingerprint density at radius 1 is 0.970 bits per heavy atom. The minimum atomic E-state index is -4.79. The van der Waals surface area contributed by atoms with Gasteiger partial charge in [-0.1, -0.05) is 43.3 Å². The number of aromatic nitrogens is 1. The van der Waals surface area contributed by atoms with Gasteiger partial charge in [-0.2, -0.15) is 13.2 Å². The molecular weight excluding hydrogens is 437 g/mol. The van der Waals surface area contributed by atoms with Crippen LogP contribution < -0.4 is 0 Å². The van der Waals surface area contributed by atoms with Gasteiger partial charge in [-0.15, -0.1) is 0 Å². The Morgan fingerprint density at radius 3 is 2.39 bits per heavy atom. The quantitative estimate of drug-likeness (QED) is 0.235. The predicted molar refractivity (Wildman–Crippen MR) is 117 cm³/mol. The fourth-order valence-corrected chi connectivity index (χ4v) is 3.96. The molecule has 0 bridgehead atoms. The number of hydrogen-bond acceptors (Lipinski definition) is 1. The van der Waals surface area contributed by atoms with Crippen LogP contribution in [-0.2, 0) is 12.6 Å². The Kier molecular flexibility index (Phi) is 6.06. The summed E-state index contributed by atoms with van der Waals surface area (Å²) in [5.41, 5.74) is 1.25. The van der Waals surface area contributed by atoms with Crippen molar-refractivity contribution in [1.82, 2.24) is 4.98 Å². The van der Waals surface area contributed by atoms with E-state index >= 15 is 0 Å². The van der Waals surface area contributed by atoms with E-state index in [-0.39, 0.29) is 18.6 Å². The van der Waals surface area contributed by atoms with Crippen molar-refractivity contribution in [2.45, 2.75) is 25.9 Å². The molecule has 1 unspecified atom stereocenters. The topological polar surface area (TPSA) is 32.9 Å². The van der Waals surface area contributed by atoms with Crippen molar-refractivity contribution in [3.8, 4) is 11.1 Å². The third kappa shape index (κ3) is 4.67. The molecule has 0 radical (unpaired) electrons. The molecule has 4 aromatic rings. The number of hydrogen-bond donors (Lipinski definition) is 1. The highest BCUT2D eigenvalue weighted by molar-refractivity contribution is 6.11. The second kappa shape index (κ2) is 8.81. The summed E-state index contributed by atoms with van der Waals surface area (Å²) in [6.07, 6.45) is -4.35. The zero-order valence-corrected chi connectivity index (χ0v) is 17.6. The number of fused-ring (bicyclic) bond motifs is 1. The summed E-state index contributed by atoms with van der Waals surface area (Å²) in [7, 11) is 0. The van der Waals surface area contributed by atoms with E-state index in [2.05, 4.69) is 4.98 Å². The smallest absolute Gasteiger partial charge is 0.352 e. The average Bonchev–Trinajstić information content (AvgIpc) is 3.16. The van der Waals surface area contributed by atoms with E-state index in [0.29, 0.717) is 27.7 Å². The van der Waals surface area contributed by atoms with Crippen molar-refractivity contribution in [2.75, 3.05) is 0 Å². The lowest BCUT2D eigenvalue weighted by atomic mass is 9.91. The van der Waals surface area contributed by atoms with Crippen LogP contribution in [0.5, 0.6) is 0 Å². The van der Waals surface area contributed by atoms with Gasteiger partial charge in [0.15, 0.2) is 5.78 Å². The lowest BCUT2D eigenvalue weighted by molar-refractivity contribution is -0.140. The number of nitrogens with one attached hydrogen (secondary N) is 1. The monoisotopic (exact) mass is 457 g/mol. The fourth-order valence-electron chi connectivity index (χ4n) is 3.96. The molecule has 0 saturated heterocycles. The Bertz CT molecular complexity index is 1310. The van der Waals surface area contributed by atoms with E-state index in [4.69, 9.17) is 0 Å². The molecule has 0 aliphatic heterocycles. The van der Waals surface area contributed by atoms with Crippen molar-refractivity contribution in [3.63, 3.8) is 0 Å². The summed E-state index contributed by atoms with van der Waals surface area (Å²) in [4.78, 5) is 16.4. The highest BCUT2D eigenvalue weighted by atomic mass is 19.4. The molecule has 0 saturated carbocycles. The molecule has 3 aromatic carbocycles. The molecular formula is C26H20F5NO. The fraction of sp³-hybridized carbons (Fsp3) is 0.192. The first-order chi connectivity index (χ1) is 15.6. The van der Waals surface area contributed by atoms with Gasteiger partial charge in [-0.05, 0) is 54.3 Å². The summed E-state index contributed by atoms with van der Waals surface area (Å²) >= 11 is 0. The Hall–Kier alpha value is -3.48. The van der Waals surface area contributed by atoms with Crippen LogP contribution in [0.25, 0.3) is 22.0 Å². The summed E-state index contributed by atoms with van der Waals surface area (Å²) in [6, 6.07) is 16.2. The molecule has 4 rings (SSSR count). The van der Waals surface area contributed by atoms with Gasteiger partial charge < -0.3 is 4.98 Å². The molecule has 33 heavy (non-hydrogen) atoms. The number of carbonyl (C=O) groups is 1. The predicted octanol–water partition coefficient (Wildman–Crippen LogP) is 7.58. The third-order valence-corrected chi connectivity index (χ3v) is 5.72. The number of rotatable bonds is 6. The molecule has 2 nitrogen and oxygen atoms in total. The summed E-state index contributed by atoms with van der Waals surface area (Å²) in [6.45, 7) is 1.69. The van der Waals surface area contributed by atoms with E-state index in [1.165, 1.54) is 18.2 Å². The van der Waals surface area contributed by atoms with Gasteiger partial charge in [0, 0.05) is 22.4 Å². The standard InChI is InChI=1S/C26H20F5NO/c1-15(7-8-16-9-11-21(28)20(13-16)26(29,30)31)25(33)24-23(17-5-3-2-4-6-17)19-14-18(27)10-12-22(19)32-24/h2-6,9-15,32H,7-8H2,1H3. The number of carbonyl (C=O) groups excluding carboxylic acids is 1. The Balaban J connectivity index is 1.63. The van der Waals surface area contributed by atoms with Gasteiger partial charge in [0.05, 0.1) is 11.3 Å². The number of H-pyrrole nitrogens is 1. The first kappa shape index (κ1) is 22.7. The molecule has 170 valence electrons. The maximum atomic E-state index is 13.9. The molecule has 7 heteroatoms. The first-order valence-electron chi connectivity index (χ1n) is 10.4. The van der Waals surface area contributed by atoms with Gasteiger partial charge in [0.2, 0.25) is 0 Å². The molecule has 1 atom stereocenters. The molecule has 0 aliphatic rings. The van der Waals surface area contributed by atoms with Crippen LogP contribution in [0.4, 0.5) is 22.0 Å². The van der Waals surface area contributed by atoms with Crippen molar-refractivity contribution in [1.29, 1.82) is 0 Å². The third-order valence-electron chi connectivity index (χ3n) is 5.72. The van der Waals surface area contributed by atoms with Crippen LogP contribution in [0.15, 0.2) is 66.7 Å². The van der Waals surface area contributed by atoms with Crippen LogP contribution in [0.1, 0.15) is 35.0 Å². The van der Waals surface area contributed by atoms with Crippen LogP contribution >= 0.6 is 0 Å². The molecule has 0 aliphatic carbocycles. The van der Waals surface area contributed by atoms with Gasteiger partial charge in [0.25, 0.3) is 0 Å². The van der Waals surface area contributed by atoms with E-state index in [9.17, 15) is 26.7 Å². The van der Waals surface area contributed by atoms with Gasteiger partial charge in [0.1, 0.15) is 11.6 Å². The van der Waals surface area contributed by atoms with Crippen LogP contribution in [-0.4, -0.2) is 10.8 Å². The van der Waals surface area contributed by atoms with Crippen molar-refractivity contribution in [2.24, 2.45) is 5.92 Å². The second-order valence-electron chi connectivity index (χ2n) is 8.05. The number of benzene rings is 3. The summed E-state index contributed by atoms with van der Waals surface area (Å²) in [5, 5.41) is 0.574. The van der Waals surface area contributed by atoms with Gasteiger partial charge >= 0.3 is 6.18 Å². The molecule has 1 heterocycles. The normalized spacial score (nSPS) is 12.8. The minimum Gasteiger partial charge on any atom is -0.352 e. The highest BCUT2D eigenvalue weighted by Crippen LogP contribution is 2.35. The lowest BCUT2D eigenvalue weighted by Gasteiger charge is -2.13. The largest absolute Gasteiger partial charge is 0.419 e. The van der Waals surface area contributed by atoms with E-state index in [1.807, 2.05) is 30.3 Å². The zero-order valence-electron chi connectivity index (χ0n) is 17.6. The van der Waals surface area contributed by atoms with Crippen LogP contribution in [0.2, 0.25) is 0 Å². The summed E-state index contributed by atoms with van der Waals surface area (Å²) in [5.74, 6) is -2.52. The number of aryl methyl sites for hydroxylation is 1. The number of halogens is 5. The van der Waals surface area contributed by atoms with Crippen LogP contribution in [0, 0.1) is 17.6 Å². The average molecular weight is 457 g/mol. The van der Waals surface area contributed by atoms with E-state index < -0.39 is 29.3 Å². The zero-order chi connectivity index (χ0) is 23.8. The minimum absolute atomic E-state index is 0.172. The summed E-state index contributed by atoms with van der Waals surface area (Å²) < 4.78 is 66.5. The van der Waals surface area contributed by atoms with E-state index in [1.54, 1.807) is 13.0 Å². The molecule has 1 aromatic heterocycles. The Morgan fingerprint density at radius 2 is 1.70 bits per heavy atom. The van der Waals surface area contributed by atoms with Gasteiger partial charge in [-0.3, -0.25) is 4.79 Å². The van der Waals surface area contributed by atoms with Crippen molar-refractivity contribution < 1.29 is 26.7 Å². The number of alkyl halides is 3. The second-order valence-corrected chi connectivity index (χ2v) is 8.05. The lowest BCUT2D eigenvalue weighted by Crippen LogP contribution is -2.14. The van der Waals surface area contributed by atoms with Crippen LogP contribution in [0.3, 0.4) is 0 Å². The van der Waals surface area contributed by atoms with Gasteiger partial charge in [-0.25, -0.2) is 8.78 Å². The maximum Gasteiger partial charge on any atom is 0.419 e. The highest BCUT2D eigenvalue weighted by Gasteiger charge is 2.34. The Labute approximate surface area is 187 Å².